The molecule has 19 heavy (non-hydrogen) atoms. The van der Waals surface area contributed by atoms with Gasteiger partial charge >= 0.3 is 0 Å². The first-order valence-electron chi connectivity index (χ1n) is 7.35. The fourth-order valence-electron chi connectivity index (χ4n) is 2.03. The molecular weight excluding hydrogens is 244 g/mol. The first kappa shape index (κ1) is 18.8. The van der Waals surface area contributed by atoms with E-state index in [0.717, 1.165) is 52.6 Å². The van der Waals surface area contributed by atoms with Crippen LogP contribution in [-0.4, -0.2) is 74.8 Å². The molecule has 116 valence electrons. The topological polar surface area (TPSA) is 54.0 Å². The van der Waals surface area contributed by atoms with Crippen molar-refractivity contribution in [3.05, 3.63) is 0 Å². The zero-order valence-corrected chi connectivity index (χ0v) is 13.1. The van der Waals surface area contributed by atoms with E-state index in [-0.39, 0.29) is 12.1 Å². The molecule has 0 aliphatic heterocycles. The second-order valence-electron chi connectivity index (χ2n) is 4.92. The molecule has 0 aliphatic rings. The summed E-state index contributed by atoms with van der Waals surface area (Å²) in [4.78, 5) is 2.28. The van der Waals surface area contributed by atoms with E-state index in [4.69, 9.17) is 9.47 Å². The zero-order chi connectivity index (χ0) is 14.6. The fraction of sp³-hybridized carbons (Fsp3) is 1.00. The maximum atomic E-state index is 9.56. The third kappa shape index (κ3) is 9.35. The molecule has 0 fully saturated rings. The van der Waals surface area contributed by atoms with Crippen molar-refractivity contribution in [2.45, 2.75) is 33.2 Å². The first-order chi connectivity index (χ1) is 9.11. The van der Waals surface area contributed by atoms with Crippen molar-refractivity contribution >= 4 is 0 Å². The highest BCUT2D eigenvalue weighted by atomic mass is 16.5. The maximum Gasteiger partial charge on any atom is 0.0623 e. The highest BCUT2D eigenvalue weighted by Gasteiger charge is 2.25. The Bertz CT molecular complexity index is 195. The van der Waals surface area contributed by atoms with Crippen molar-refractivity contribution in [3.8, 4) is 0 Å². The number of nitrogens with one attached hydrogen (secondary N) is 1. The summed E-state index contributed by atoms with van der Waals surface area (Å²) >= 11 is 0. The molecule has 1 atom stereocenters. The van der Waals surface area contributed by atoms with Gasteiger partial charge in [-0.15, -0.1) is 0 Å². The van der Waals surface area contributed by atoms with Gasteiger partial charge in [0, 0.05) is 32.8 Å². The van der Waals surface area contributed by atoms with Crippen LogP contribution in [0.25, 0.3) is 0 Å². The second-order valence-corrected chi connectivity index (χ2v) is 4.92. The number of likely N-dealkylation sites (N-methyl/N-ethyl adjacent to an activating group) is 1. The molecule has 5 heteroatoms. The number of hydrogen-bond acceptors (Lipinski definition) is 5. The molecule has 0 spiro atoms. The van der Waals surface area contributed by atoms with Crippen molar-refractivity contribution in [1.29, 1.82) is 0 Å². The Labute approximate surface area is 118 Å². The van der Waals surface area contributed by atoms with Crippen LogP contribution in [0.1, 0.15) is 27.7 Å². The molecule has 0 aromatic rings. The summed E-state index contributed by atoms with van der Waals surface area (Å²) < 4.78 is 10.8. The summed E-state index contributed by atoms with van der Waals surface area (Å²) in [5, 5.41) is 12.9. The highest BCUT2D eigenvalue weighted by Crippen LogP contribution is 2.06. The van der Waals surface area contributed by atoms with Gasteiger partial charge in [-0.3, -0.25) is 4.90 Å². The van der Waals surface area contributed by atoms with Crippen LogP contribution >= 0.6 is 0 Å². The molecule has 1 unspecified atom stereocenters. The van der Waals surface area contributed by atoms with Gasteiger partial charge in [0.05, 0.1) is 25.4 Å². The number of ether oxygens (including phenoxy) is 2. The quantitative estimate of drug-likeness (QED) is 0.486. The fourth-order valence-corrected chi connectivity index (χ4v) is 2.03. The lowest BCUT2D eigenvalue weighted by Gasteiger charge is -2.35. The van der Waals surface area contributed by atoms with Crippen molar-refractivity contribution in [1.82, 2.24) is 10.2 Å². The van der Waals surface area contributed by atoms with Gasteiger partial charge < -0.3 is 19.9 Å². The minimum absolute atomic E-state index is 0.126. The zero-order valence-electron chi connectivity index (χ0n) is 13.1. The van der Waals surface area contributed by atoms with E-state index < -0.39 is 0 Å². The molecular formula is C14H32N2O3. The summed E-state index contributed by atoms with van der Waals surface area (Å²) in [5.74, 6) is 0. The summed E-state index contributed by atoms with van der Waals surface area (Å²) in [5.41, 5.74) is -0.271. The lowest BCUT2D eigenvalue weighted by Crippen LogP contribution is -2.55. The first-order valence-corrected chi connectivity index (χ1v) is 7.35. The monoisotopic (exact) mass is 276 g/mol. The van der Waals surface area contributed by atoms with Crippen LogP contribution in [0.2, 0.25) is 0 Å². The summed E-state index contributed by atoms with van der Waals surface area (Å²) in [6.45, 7) is 14.5. The standard InChI is InChI=1S/C14H32N2O3/c1-5-15-14(4,13-17)12-16(8-10-18-6-2)9-11-19-7-3/h15,17H,5-13H2,1-4H3. The number of rotatable bonds is 13. The molecule has 0 saturated carbocycles. The lowest BCUT2D eigenvalue weighted by atomic mass is 10.0. The van der Waals surface area contributed by atoms with Gasteiger partial charge in [0.25, 0.3) is 0 Å². The molecule has 0 rings (SSSR count). The van der Waals surface area contributed by atoms with Crippen molar-refractivity contribution < 1.29 is 14.6 Å². The molecule has 0 heterocycles. The second kappa shape index (κ2) is 11.6. The number of hydrogen-bond donors (Lipinski definition) is 2. The average Bonchev–Trinajstić information content (AvgIpc) is 2.39. The summed E-state index contributed by atoms with van der Waals surface area (Å²) in [6, 6.07) is 0. The van der Waals surface area contributed by atoms with Crippen LogP contribution in [-0.2, 0) is 9.47 Å². The molecule has 0 aromatic heterocycles. The molecule has 0 aromatic carbocycles. The van der Waals surface area contributed by atoms with Crippen molar-refractivity contribution in [3.63, 3.8) is 0 Å². The highest BCUT2D eigenvalue weighted by molar-refractivity contribution is 4.85. The van der Waals surface area contributed by atoms with Crippen molar-refractivity contribution in [2.24, 2.45) is 0 Å². The summed E-state index contributed by atoms with van der Waals surface area (Å²) in [6.07, 6.45) is 0. The minimum atomic E-state index is -0.271. The van der Waals surface area contributed by atoms with E-state index in [0.29, 0.717) is 0 Å². The van der Waals surface area contributed by atoms with Crippen LogP contribution in [0.5, 0.6) is 0 Å². The minimum Gasteiger partial charge on any atom is -0.394 e. The van der Waals surface area contributed by atoms with E-state index in [2.05, 4.69) is 17.1 Å². The van der Waals surface area contributed by atoms with E-state index >= 15 is 0 Å². The predicted octanol–water partition coefficient (Wildman–Crippen LogP) is 0.722. The van der Waals surface area contributed by atoms with E-state index in [1.54, 1.807) is 0 Å². The van der Waals surface area contributed by atoms with Gasteiger partial charge in [-0.25, -0.2) is 0 Å². The molecule has 0 radical (unpaired) electrons. The normalized spacial score (nSPS) is 14.8. The lowest BCUT2D eigenvalue weighted by molar-refractivity contribution is 0.0575. The van der Waals surface area contributed by atoms with Gasteiger partial charge in [0.1, 0.15) is 0 Å². The van der Waals surface area contributed by atoms with Gasteiger partial charge in [-0.05, 0) is 27.3 Å². The summed E-state index contributed by atoms with van der Waals surface area (Å²) in [7, 11) is 0. The molecule has 0 amide bonds. The van der Waals surface area contributed by atoms with E-state index in [1.165, 1.54) is 0 Å². The van der Waals surface area contributed by atoms with Crippen LogP contribution in [0.4, 0.5) is 0 Å². The predicted molar refractivity (Wildman–Crippen MR) is 78.6 cm³/mol. The molecule has 0 aliphatic carbocycles. The van der Waals surface area contributed by atoms with Crippen LogP contribution in [0.15, 0.2) is 0 Å². The molecule has 0 saturated heterocycles. The number of nitrogens with zero attached hydrogens (tertiary/aromatic N) is 1. The van der Waals surface area contributed by atoms with Crippen LogP contribution in [0.3, 0.4) is 0 Å². The average molecular weight is 276 g/mol. The smallest absolute Gasteiger partial charge is 0.0623 e. The van der Waals surface area contributed by atoms with Gasteiger partial charge in [0.2, 0.25) is 0 Å². The molecule has 5 nitrogen and oxygen atoms in total. The number of aliphatic hydroxyl groups excluding tert-OH is 1. The maximum absolute atomic E-state index is 9.56. The Hall–Kier alpha value is -0.200. The van der Waals surface area contributed by atoms with Crippen LogP contribution < -0.4 is 5.32 Å². The Kier molecular flexibility index (Phi) is 11.5. The van der Waals surface area contributed by atoms with E-state index in [9.17, 15) is 5.11 Å². The Morgan fingerprint density at radius 3 is 1.95 bits per heavy atom. The molecule has 0 bridgehead atoms. The van der Waals surface area contributed by atoms with Gasteiger partial charge in [0.15, 0.2) is 0 Å². The third-order valence-corrected chi connectivity index (χ3v) is 3.04. The van der Waals surface area contributed by atoms with E-state index in [1.807, 2.05) is 20.8 Å². The van der Waals surface area contributed by atoms with Crippen molar-refractivity contribution in [2.75, 3.05) is 59.2 Å². The van der Waals surface area contributed by atoms with Gasteiger partial charge in [-0.2, -0.15) is 0 Å². The number of aliphatic hydroxyl groups is 1. The molecule has 2 N–H and O–H groups in total. The Balaban J connectivity index is 4.27. The van der Waals surface area contributed by atoms with Gasteiger partial charge in [-0.1, -0.05) is 6.92 Å². The largest absolute Gasteiger partial charge is 0.394 e. The SMILES string of the molecule is CCNC(C)(CO)CN(CCOCC)CCOCC. The Morgan fingerprint density at radius 2 is 1.58 bits per heavy atom. The third-order valence-electron chi connectivity index (χ3n) is 3.04. The van der Waals surface area contributed by atoms with Crippen LogP contribution in [0, 0.1) is 0 Å². The Morgan fingerprint density at radius 1 is 1.05 bits per heavy atom.